The number of benzene rings is 1. The summed E-state index contributed by atoms with van der Waals surface area (Å²) in [6, 6.07) is 12.7. The molecule has 1 heterocycles. The highest BCUT2D eigenvalue weighted by Gasteiger charge is 2.18. The first-order valence-electron chi connectivity index (χ1n) is 7.50. The standard InChI is InChI=1S/C17H20BrNOS/c1-12(15-10-11-17(18)20-15)19-14-8-4-5-9-16(14)21-13-6-2-3-7-13/h4-5,8-13,19H,2-3,6-7H2,1H3. The van der Waals surface area contributed by atoms with E-state index in [-0.39, 0.29) is 6.04 Å². The summed E-state index contributed by atoms with van der Waals surface area (Å²) in [4.78, 5) is 1.35. The van der Waals surface area contributed by atoms with Crippen molar-refractivity contribution in [2.75, 3.05) is 5.32 Å². The molecule has 21 heavy (non-hydrogen) atoms. The summed E-state index contributed by atoms with van der Waals surface area (Å²) in [7, 11) is 0. The molecule has 1 saturated carbocycles. The summed E-state index contributed by atoms with van der Waals surface area (Å²) in [5.74, 6) is 0.947. The maximum atomic E-state index is 5.64. The lowest BCUT2D eigenvalue weighted by Gasteiger charge is -2.18. The third-order valence-electron chi connectivity index (χ3n) is 3.88. The Morgan fingerprint density at radius 2 is 1.95 bits per heavy atom. The van der Waals surface area contributed by atoms with Crippen molar-refractivity contribution in [1.82, 2.24) is 0 Å². The molecular formula is C17H20BrNOS. The Morgan fingerprint density at radius 1 is 1.19 bits per heavy atom. The van der Waals surface area contributed by atoms with Crippen LogP contribution in [0.2, 0.25) is 0 Å². The number of para-hydroxylation sites is 1. The molecule has 112 valence electrons. The maximum absolute atomic E-state index is 5.64. The Hall–Kier alpha value is -0.870. The maximum Gasteiger partial charge on any atom is 0.169 e. The van der Waals surface area contributed by atoms with Crippen molar-refractivity contribution in [2.24, 2.45) is 0 Å². The molecule has 1 aromatic heterocycles. The van der Waals surface area contributed by atoms with E-state index in [4.69, 9.17) is 4.42 Å². The van der Waals surface area contributed by atoms with Gasteiger partial charge < -0.3 is 9.73 Å². The van der Waals surface area contributed by atoms with Crippen molar-refractivity contribution in [3.8, 4) is 0 Å². The molecule has 2 aromatic rings. The van der Waals surface area contributed by atoms with E-state index in [9.17, 15) is 0 Å². The van der Waals surface area contributed by atoms with E-state index in [1.165, 1.54) is 36.3 Å². The predicted molar refractivity (Wildman–Crippen MR) is 93.0 cm³/mol. The van der Waals surface area contributed by atoms with Crippen LogP contribution in [0.15, 0.2) is 50.4 Å². The number of hydrogen-bond donors (Lipinski definition) is 1. The van der Waals surface area contributed by atoms with Crippen LogP contribution < -0.4 is 5.32 Å². The van der Waals surface area contributed by atoms with Gasteiger partial charge in [-0.1, -0.05) is 25.0 Å². The molecule has 4 heteroatoms. The molecule has 3 rings (SSSR count). The minimum Gasteiger partial charge on any atom is -0.452 e. The summed E-state index contributed by atoms with van der Waals surface area (Å²) in [5.41, 5.74) is 1.20. The fourth-order valence-electron chi connectivity index (χ4n) is 2.74. The van der Waals surface area contributed by atoms with Gasteiger partial charge in [-0.3, -0.25) is 0 Å². The molecule has 0 saturated heterocycles. The van der Waals surface area contributed by atoms with Crippen molar-refractivity contribution in [1.29, 1.82) is 0 Å². The van der Waals surface area contributed by atoms with E-state index in [0.29, 0.717) is 0 Å². The molecule has 2 nitrogen and oxygen atoms in total. The quantitative estimate of drug-likeness (QED) is 0.677. The second-order valence-electron chi connectivity index (χ2n) is 5.53. The number of anilines is 1. The largest absolute Gasteiger partial charge is 0.452 e. The van der Waals surface area contributed by atoms with Crippen molar-refractivity contribution in [3.63, 3.8) is 0 Å². The second-order valence-corrected chi connectivity index (χ2v) is 7.65. The normalized spacial score (nSPS) is 17.0. The van der Waals surface area contributed by atoms with Crippen LogP contribution in [-0.2, 0) is 0 Å². The van der Waals surface area contributed by atoms with Crippen LogP contribution in [-0.4, -0.2) is 5.25 Å². The van der Waals surface area contributed by atoms with Crippen molar-refractivity contribution >= 4 is 33.4 Å². The van der Waals surface area contributed by atoms with Gasteiger partial charge in [-0.25, -0.2) is 0 Å². The first-order valence-corrected chi connectivity index (χ1v) is 9.17. The topological polar surface area (TPSA) is 25.2 Å². The molecule has 0 bridgehead atoms. The molecule has 0 aliphatic heterocycles. The molecular weight excluding hydrogens is 346 g/mol. The highest BCUT2D eigenvalue weighted by molar-refractivity contribution is 9.10. The minimum absolute atomic E-state index is 0.154. The van der Waals surface area contributed by atoms with E-state index < -0.39 is 0 Å². The first kappa shape index (κ1) is 15.0. The Balaban J connectivity index is 1.72. The molecule has 1 aliphatic rings. The predicted octanol–water partition coefficient (Wildman–Crippen LogP) is 6.25. The van der Waals surface area contributed by atoms with E-state index in [1.807, 2.05) is 23.9 Å². The number of thioether (sulfide) groups is 1. The molecule has 1 N–H and O–H groups in total. The van der Waals surface area contributed by atoms with Gasteiger partial charge in [0.05, 0.1) is 6.04 Å². The summed E-state index contributed by atoms with van der Waals surface area (Å²) < 4.78 is 6.42. The van der Waals surface area contributed by atoms with Crippen LogP contribution >= 0.6 is 27.7 Å². The highest BCUT2D eigenvalue weighted by Crippen LogP contribution is 2.39. The lowest BCUT2D eigenvalue weighted by molar-refractivity contribution is 0.470. The lowest BCUT2D eigenvalue weighted by atomic mass is 10.2. The number of furan rings is 1. The zero-order valence-electron chi connectivity index (χ0n) is 12.1. The van der Waals surface area contributed by atoms with Crippen LogP contribution in [0.4, 0.5) is 5.69 Å². The highest BCUT2D eigenvalue weighted by atomic mass is 79.9. The Morgan fingerprint density at radius 3 is 2.67 bits per heavy atom. The van der Waals surface area contributed by atoms with Crippen molar-refractivity contribution < 1.29 is 4.42 Å². The molecule has 0 spiro atoms. The van der Waals surface area contributed by atoms with Crippen LogP contribution in [0.5, 0.6) is 0 Å². The van der Waals surface area contributed by atoms with Gasteiger partial charge in [-0.15, -0.1) is 11.8 Å². The summed E-state index contributed by atoms with van der Waals surface area (Å²) >= 11 is 5.38. The number of halogens is 1. The Bertz CT molecular complexity index is 592. The number of hydrogen-bond acceptors (Lipinski definition) is 3. The van der Waals surface area contributed by atoms with Crippen LogP contribution in [0.1, 0.15) is 44.4 Å². The fraction of sp³-hybridized carbons (Fsp3) is 0.412. The smallest absolute Gasteiger partial charge is 0.169 e. The molecule has 1 aliphatic carbocycles. The average molecular weight is 366 g/mol. The van der Waals surface area contributed by atoms with Gasteiger partial charge in [0.2, 0.25) is 0 Å². The molecule has 0 amide bonds. The molecule has 1 aromatic carbocycles. The van der Waals surface area contributed by atoms with Gasteiger partial charge in [-0.2, -0.15) is 0 Å². The zero-order valence-corrected chi connectivity index (χ0v) is 14.5. The molecule has 0 radical (unpaired) electrons. The average Bonchev–Trinajstić information content (AvgIpc) is 3.12. The summed E-state index contributed by atoms with van der Waals surface area (Å²) in [6.07, 6.45) is 5.45. The van der Waals surface area contributed by atoms with Crippen LogP contribution in [0.3, 0.4) is 0 Å². The van der Waals surface area contributed by atoms with Gasteiger partial charge in [0, 0.05) is 15.8 Å². The lowest BCUT2D eigenvalue weighted by Crippen LogP contribution is -2.07. The summed E-state index contributed by atoms with van der Waals surface area (Å²) in [5, 5.41) is 4.36. The van der Waals surface area contributed by atoms with Crippen LogP contribution in [0, 0.1) is 0 Å². The van der Waals surface area contributed by atoms with Gasteiger partial charge >= 0.3 is 0 Å². The monoisotopic (exact) mass is 365 g/mol. The molecule has 1 unspecified atom stereocenters. The third-order valence-corrected chi connectivity index (χ3v) is 5.72. The van der Waals surface area contributed by atoms with Gasteiger partial charge in [0.25, 0.3) is 0 Å². The van der Waals surface area contributed by atoms with Crippen LogP contribution in [0.25, 0.3) is 0 Å². The minimum atomic E-state index is 0.154. The van der Waals surface area contributed by atoms with Crippen molar-refractivity contribution in [3.05, 3.63) is 46.8 Å². The van der Waals surface area contributed by atoms with E-state index in [2.05, 4.69) is 52.4 Å². The van der Waals surface area contributed by atoms with Gasteiger partial charge in [-0.05, 0) is 60.0 Å². The number of rotatable bonds is 5. The van der Waals surface area contributed by atoms with Crippen molar-refractivity contribution in [2.45, 2.75) is 48.8 Å². The summed E-state index contributed by atoms with van der Waals surface area (Å²) in [6.45, 7) is 2.13. The van der Waals surface area contributed by atoms with E-state index in [0.717, 1.165) is 15.7 Å². The Labute approximate surface area is 138 Å². The third kappa shape index (κ3) is 3.86. The van der Waals surface area contributed by atoms with E-state index in [1.54, 1.807) is 0 Å². The Kier molecular flexibility index (Phi) is 4.96. The molecule has 1 fully saturated rings. The first-order chi connectivity index (χ1) is 10.2. The number of nitrogens with one attached hydrogen (secondary N) is 1. The SMILES string of the molecule is CC(Nc1ccccc1SC1CCCC1)c1ccc(Br)o1. The van der Waals surface area contributed by atoms with Gasteiger partial charge in [0.15, 0.2) is 4.67 Å². The van der Waals surface area contributed by atoms with E-state index >= 15 is 0 Å². The van der Waals surface area contributed by atoms with Gasteiger partial charge in [0.1, 0.15) is 5.76 Å². The second kappa shape index (κ2) is 6.93. The fourth-order valence-corrected chi connectivity index (χ4v) is 4.40. The zero-order chi connectivity index (χ0) is 14.7. The molecule has 1 atom stereocenters.